The summed E-state index contributed by atoms with van der Waals surface area (Å²) in [6.07, 6.45) is 0.354. The van der Waals surface area contributed by atoms with Crippen LogP contribution in [-0.4, -0.2) is 41.1 Å². The fourth-order valence-corrected chi connectivity index (χ4v) is 4.57. The molecule has 1 heterocycles. The number of carbonyl (C=O) groups excluding carboxylic acids is 1. The minimum atomic E-state index is -3.99. The van der Waals surface area contributed by atoms with Gasteiger partial charge in [-0.2, -0.15) is 4.72 Å². The molecular weight excluding hydrogens is 392 g/mol. The van der Waals surface area contributed by atoms with Gasteiger partial charge in [0, 0.05) is 17.3 Å². The van der Waals surface area contributed by atoms with Crippen molar-refractivity contribution in [2.24, 2.45) is 0 Å². The van der Waals surface area contributed by atoms with Crippen LogP contribution in [0.3, 0.4) is 0 Å². The largest absolute Gasteiger partial charge is 0.497 e. The summed E-state index contributed by atoms with van der Waals surface area (Å²) in [6.45, 7) is 0.408. The van der Waals surface area contributed by atoms with Crippen molar-refractivity contribution in [1.82, 2.24) is 4.72 Å². The van der Waals surface area contributed by atoms with Crippen LogP contribution < -0.4 is 19.1 Å². The summed E-state index contributed by atoms with van der Waals surface area (Å²) in [5.41, 5.74) is 0.683. The molecule has 0 radical (unpaired) electrons. The highest BCUT2D eigenvalue weighted by Crippen LogP contribution is 2.29. The summed E-state index contributed by atoms with van der Waals surface area (Å²) >= 11 is 5.92. The molecule has 2 aromatic rings. The van der Waals surface area contributed by atoms with E-state index in [0.29, 0.717) is 24.4 Å². The number of sulfonamides is 1. The number of anilines is 1. The van der Waals surface area contributed by atoms with Gasteiger partial charge in [-0.1, -0.05) is 11.6 Å². The Morgan fingerprint density at radius 1 is 1.11 bits per heavy atom. The molecule has 27 heavy (non-hydrogen) atoms. The molecule has 0 unspecified atom stereocenters. The summed E-state index contributed by atoms with van der Waals surface area (Å²) in [4.78, 5) is 14.1. The third-order valence-corrected chi connectivity index (χ3v) is 6.03. The van der Waals surface area contributed by atoms with Gasteiger partial charge in [-0.15, -0.1) is 0 Å². The Morgan fingerprint density at radius 3 is 2.44 bits per heavy atom. The minimum absolute atomic E-state index is 0.104. The molecule has 1 fully saturated rings. The van der Waals surface area contributed by atoms with Crippen LogP contribution in [0, 0.1) is 0 Å². The number of benzene rings is 2. The average molecular weight is 411 g/mol. The van der Waals surface area contributed by atoms with E-state index < -0.39 is 16.1 Å². The molecule has 1 N–H and O–H groups in total. The summed E-state index contributed by atoms with van der Waals surface area (Å²) in [6, 6.07) is 10.4. The number of ether oxygens (including phenoxy) is 2. The smallest absolute Gasteiger partial charge is 0.245 e. The molecule has 1 saturated heterocycles. The van der Waals surface area contributed by atoms with Crippen molar-refractivity contribution in [2.75, 3.05) is 25.7 Å². The van der Waals surface area contributed by atoms with E-state index >= 15 is 0 Å². The van der Waals surface area contributed by atoms with Crippen LogP contribution in [0.5, 0.6) is 11.5 Å². The van der Waals surface area contributed by atoms with Crippen LogP contribution >= 0.6 is 11.6 Å². The Hall–Kier alpha value is -2.29. The van der Waals surface area contributed by atoms with Crippen molar-refractivity contribution in [3.8, 4) is 11.5 Å². The average Bonchev–Trinajstić information content (AvgIpc) is 3.01. The number of methoxy groups -OCH3 is 2. The quantitative estimate of drug-likeness (QED) is 0.790. The molecule has 0 spiro atoms. The number of nitrogens with zero attached hydrogens (tertiary/aromatic N) is 1. The molecular formula is C18H19ClN2O5S. The SMILES string of the molecule is COc1ccc(N2CC[C@@H](NS(=O)(=O)c3cc(Cl)ccc3OC)C2=O)cc1. The van der Waals surface area contributed by atoms with E-state index in [4.69, 9.17) is 21.1 Å². The first kappa shape index (κ1) is 19.5. The summed E-state index contributed by atoms with van der Waals surface area (Å²) < 4.78 is 38.2. The second kappa shape index (κ2) is 7.75. The van der Waals surface area contributed by atoms with Gasteiger partial charge in [0.1, 0.15) is 22.4 Å². The third kappa shape index (κ3) is 4.02. The normalized spacial score (nSPS) is 17.2. The molecule has 1 aliphatic heterocycles. The fraction of sp³-hybridized carbons (Fsp3) is 0.278. The molecule has 0 bridgehead atoms. The maximum Gasteiger partial charge on any atom is 0.245 e. The van der Waals surface area contributed by atoms with E-state index in [1.165, 1.54) is 25.3 Å². The van der Waals surface area contributed by atoms with E-state index in [1.807, 2.05) is 0 Å². The van der Waals surface area contributed by atoms with Gasteiger partial charge < -0.3 is 14.4 Å². The molecule has 7 nitrogen and oxygen atoms in total. The summed E-state index contributed by atoms with van der Waals surface area (Å²) in [5.74, 6) is 0.518. The first-order chi connectivity index (χ1) is 12.9. The number of amides is 1. The highest BCUT2D eigenvalue weighted by Gasteiger charge is 2.36. The van der Waals surface area contributed by atoms with Crippen molar-refractivity contribution in [3.05, 3.63) is 47.5 Å². The Balaban J connectivity index is 1.80. The van der Waals surface area contributed by atoms with Crippen molar-refractivity contribution in [2.45, 2.75) is 17.4 Å². The zero-order chi connectivity index (χ0) is 19.6. The van der Waals surface area contributed by atoms with Crippen LogP contribution in [0.1, 0.15) is 6.42 Å². The van der Waals surface area contributed by atoms with Crippen LogP contribution in [-0.2, 0) is 14.8 Å². The Morgan fingerprint density at radius 2 is 1.81 bits per heavy atom. The van der Waals surface area contributed by atoms with Gasteiger partial charge in [-0.05, 0) is 48.9 Å². The van der Waals surface area contributed by atoms with Crippen LogP contribution in [0.15, 0.2) is 47.4 Å². The Labute approximate surface area is 162 Å². The summed E-state index contributed by atoms with van der Waals surface area (Å²) in [7, 11) is -1.06. The highest BCUT2D eigenvalue weighted by molar-refractivity contribution is 7.89. The lowest BCUT2D eigenvalue weighted by molar-refractivity contribution is -0.118. The number of carbonyl (C=O) groups is 1. The predicted octanol–water partition coefficient (Wildman–Crippen LogP) is 2.44. The highest BCUT2D eigenvalue weighted by atomic mass is 35.5. The molecule has 2 aromatic carbocycles. The standard InChI is InChI=1S/C18H19ClN2O5S/c1-25-14-6-4-13(5-7-14)21-10-9-15(18(21)22)20-27(23,24)17-11-12(19)3-8-16(17)26-2/h3-8,11,15,20H,9-10H2,1-2H3/t15-/m1/s1. The van der Waals surface area contributed by atoms with Gasteiger partial charge in [-0.25, -0.2) is 8.42 Å². The number of hydrogen-bond donors (Lipinski definition) is 1. The third-order valence-electron chi connectivity index (χ3n) is 4.30. The van der Waals surface area contributed by atoms with Crippen molar-refractivity contribution >= 4 is 33.2 Å². The fourth-order valence-electron chi connectivity index (χ4n) is 2.92. The molecule has 144 valence electrons. The molecule has 1 atom stereocenters. The topological polar surface area (TPSA) is 84.9 Å². The zero-order valence-electron chi connectivity index (χ0n) is 14.8. The molecule has 0 aliphatic carbocycles. The Kier molecular flexibility index (Phi) is 5.59. The Bertz CT molecular complexity index is 947. The van der Waals surface area contributed by atoms with Crippen molar-refractivity contribution in [3.63, 3.8) is 0 Å². The van der Waals surface area contributed by atoms with Gasteiger partial charge in [-0.3, -0.25) is 4.79 Å². The molecule has 1 aliphatic rings. The maximum absolute atomic E-state index is 12.8. The van der Waals surface area contributed by atoms with Crippen LogP contribution in [0.2, 0.25) is 5.02 Å². The number of rotatable bonds is 6. The van der Waals surface area contributed by atoms with Gasteiger partial charge in [0.15, 0.2) is 0 Å². The number of nitrogens with one attached hydrogen (secondary N) is 1. The number of halogens is 1. The van der Waals surface area contributed by atoms with Gasteiger partial charge in [0.25, 0.3) is 0 Å². The lowest BCUT2D eigenvalue weighted by Gasteiger charge is -2.18. The van der Waals surface area contributed by atoms with Gasteiger partial charge in [0.2, 0.25) is 15.9 Å². The van der Waals surface area contributed by atoms with Gasteiger partial charge >= 0.3 is 0 Å². The first-order valence-corrected chi connectivity index (χ1v) is 10.0. The van der Waals surface area contributed by atoms with Gasteiger partial charge in [0.05, 0.1) is 14.2 Å². The van der Waals surface area contributed by atoms with E-state index in [9.17, 15) is 13.2 Å². The van der Waals surface area contributed by atoms with E-state index in [2.05, 4.69) is 4.72 Å². The predicted molar refractivity (Wildman–Crippen MR) is 102 cm³/mol. The zero-order valence-corrected chi connectivity index (χ0v) is 16.4. The second-order valence-electron chi connectivity index (χ2n) is 5.95. The van der Waals surface area contributed by atoms with Crippen LogP contribution in [0.4, 0.5) is 5.69 Å². The van der Waals surface area contributed by atoms with Crippen molar-refractivity contribution in [1.29, 1.82) is 0 Å². The van der Waals surface area contributed by atoms with E-state index in [0.717, 1.165) is 0 Å². The lowest BCUT2D eigenvalue weighted by atomic mass is 10.2. The van der Waals surface area contributed by atoms with Crippen molar-refractivity contribution < 1.29 is 22.7 Å². The minimum Gasteiger partial charge on any atom is -0.497 e. The summed E-state index contributed by atoms with van der Waals surface area (Å²) in [5, 5.41) is 0.258. The van der Waals surface area contributed by atoms with Crippen LogP contribution in [0.25, 0.3) is 0 Å². The molecule has 9 heteroatoms. The lowest BCUT2D eigenvalue weighted by Crippen LogP contribution is -2.41. The molecule has 0 saturated carbocycles. The monoisotopic (exact) mass is 410 g/mol. The van der Waals surface area contributed by atoms with E-state index in [1.54, 1.807) is 36.3 Å². The number of hydrogen-bond acceptors (Lipinski definition) is 5. The van der Waals surface area contributed by atoms with E-state index in [-0.39, 0.29) is 21.6 Å². The molecule has 0 aromatic heterocycles. The molecule has 3 rings (SSSR count). The first-order valence-electron chi connectivity index (χ1n) is 8.17. The second-order valence-corrected chi connectivity index (χ2v) is 8.06. The maximum atomic E-state index is 12.8. The molecule has 1 amide bonds.